The molecule has 3 aromatic rings. The van der Waals surface area contributed by atoms with Crippen LogP contribution in [0.15, 0.2) is 41.1 Å². The van der Waals surface area contributed by atoms with Crippen LogP contribution in [0.3, 0.4) is 0 Å². The van der Waals surface area contributed by atoms with Crippen molar-refractivity contribution in [1.82, 2.24) is 15.4 Å². The Kier molecular flexibility index (Phi) is 6.64. The zero-order valence-electron chi connectivity index (χ0n) is 17.6. The zero-order valence-corrected chi connectivity index (χ0v) is 18.4. The quantitative estimate of drug-likeness (QED) is 0.518. The molecule has 8 nitrogen and oxygen atoms in total. The van der Waals surface area contributed by atoms with Gasteiger partial charge in [0.15, 0.2) is 5.69 Å². The summed E-state index contributed by atoms with van der Waals surface area (Å²) in [5.74, 6) is -0.622. The molecule has 1 saturated heterocycles. The highest BCUT2D eigenvalue weighted by Crippen LogP contribution is 2.40. The molecular weight excluding hydrogens is 434 g/mol. The van der Waals surface area contributed by atoms with Gasteiger partial charge in [0.2, 0.25) is 0 Å². The molecule has 2 aromatic carbocycles. The van der Waals surface area contributed by atoms with Gasteiger partial charge in [0.25, 0.3) is 5.91 Å². The maximum Gasteiger partial charge on any atom is 0.274 e. The number of morpholine rings is 1. The first kappa shape index (κ1) is 22.1. The molecule has 168 valence electrons. The Morgan fingerprint density at radius 2 is 1.91 bits per heavy atom. The van der Waals surface area contributed by atoms with Crippen LogP contribution in [0.2, 0.25) is 5.02 Å². The molecular formula is C23H24ClN3O5. The molecule has 0 aliphatic carbocycles. The van der Waals surface area contributed by atoms with Gasteiger partial charge in [-0.1, -0.05) is 28.9 Å². The van der Waals surface area contributed by atoms with Gasteiger partial charge in [-0.25, -0.2) is 0 Å². The molecule has 1 fully saturated rings. The van der Waals surface area contributed by atoms with Gasteiger partial charge >= 0.3 is 0 Å². The number of carbonyl (C=O) groups excluding carboxylic acids is 1. The fraction of sp³-hybridized carbons (Fsp3) is 0.304. The maximum atomic E-state index is 12.4. The van der Waals surface area contributed by atoms with E-state index in [1.807, 2.05) is 25.1 Å². The largest absolute Gasteiger partial charge is 0.507 e. The summed E-state index contributed by atoms with van der Waals surface area (Å²) in [4.78, 5) is 14.6. The van der Waals surface area contributed by atoms with Gasteiger partial charge in [0.05, 0.1) is 23.8 Å². The number of benzene rings is 2. The normalized spacial score (nSPS) is 14.4. The molecule has 9 heteroatoms. The number of aromatic nitrogens is 1. The SMILES string of the molecule is CCNC(=O)c1nocc1-c1ccc(CN2CCOCC2)c(-c2cc(Cl)c(O)cc2O)c1. The summed E-state index contributed by atoms with van der Waals surface area (Å²) < 4.78 is 10.5. The molecule has 2 heterocycles. The Morgan fingerprint density at radius 3 is 2.66 bits per heavy atom. The minimum atomic E-state index is -0.328. The smallest absolute Gasteiger partial charge is 0.274 e. The first-order valence-electron chi connectivity index (χ1n) is 10.4. The van der Waals surface area contributed by atoms with Crippen LogP contribution >= 0.6 is 11.6 Å². The zero-order chi connectivity index (χ0) is 22.7. The summed E-state index contributed by atoms with van der Waals surface area (Å²) in [6, 6.07) is 8.48. The van der Waals surface area contributed by atoms with Crippen molar-refractivity contribution >= 4 is 17.5 Å². The van der Waals surface area contributed by atoms with Crippen molar-refractivity contribution in [2.24, 2.45) is 0 Å². The lowest BCUT2D eigenvalue weighted by Crippen LogP contribution is -2.35. The van der Waals surface area contributed by atoms with Crippen LogP contribution in [0.1, 0.15) is 23.0 Å². The van der Waals surface area contributed by atoms with Crippen molar-refractivity contribution in [2.45, 2.75) is 13.5 Å². The van der Waals surface area contributed by atoms with Gasteiger partial charge in [0.1, 0.15) is 17.8 Å². The molecule has 4 rings (SSSR count). The minimum absolute atomic E-state index is 0.0958. The van der Waals surface area contributed by atoms with Crippen molar-refractivity contribution in [3.63, 3.8) is 0 Å². The Hall–Kier alpha value is -3.07. The third-order valence-corrected chi connectivity index (χ3v) is 5.70. The van der Waals surface area contributed by atoms with Crippen LogP contribution in [0.25, 0.3) is 22.3 Å². The topological polar surface area (TPSA) is 108 Å². The number of hydrogen-bond acceptors (Lipinski definition) is 7. The minimum Gasteiger partial charge on any atom is -0.507 e. The summed E-state index contributed by atoms with van der Waals surface area (Å²) in [7, 11) is 0. The average Bonchev–Trinajstić information content (AvgIpc) is 3.28. The number of rotatable bonds is 6. The highest BCUT2D eigenvalue weighted by atomic mass is 35.5. The fourth-order valence-electron chi connectivity index (χ4n) is 3.75. The highest BCUT2D eigenvalue weighted by Gasteiger charge is 2.21. The van der Waals surface area contributed by atoms with E-state index < -0.39 is 0 Å². The molecule has 1 aliphatic heterocycles. The molecule has 0 unspecified atom stereocenters. The van der Waals surface area contributed by atoms with E-state index in [0.717, 1.165) is 24.2 Å². The molecule has 0 spiro atoms. The number of phenols is 2. The summed E-state index contributed by atoms with van der Waals surface area (Å²) in [6.07, 6.45) is 1.43. The lowest BCUT2D eigenvalue weighted by Gasteiger charge is -2.27. The molecule has 1 aromatic heterocycles. The molecule has 0 atom stereocenters. The van der Waals surface area contributed by atoms with Crippen molar-refractivity contribution in [3.05, 3.63) is 52.9 Å². The molecule has 0 radical (unpaired) electrons. The summed E-state index contributed by atoms with van der Waals surface area (Å²) in [6.45, 7) is 5.87. The van der Waals surface area contributed by atoms with Crippen molar-refractivity contribution in [1.29, 1.82) is 0 Å². The molecule has 1 amide bonds. The monoisotopic (exact) mass is 457 g/mol. The van der Waals surface area contributed by atoms with Gasteiger partial charge in [-0.05, 0) is 35.7 Å². The van der Waals surface area contributed by atoms with E-state index >= 15 is 0 Å². The third kappa shape index (κ3) is 4.57. The summed E-state index contributed by atoms with van der Waals surface area (Å²) >= 11 is 6.15. The predicted octanol–water partition coefficient (Wildman–Crippen LogP) is 3.66. The predicted molar refractivity (Wildman–Crippen MR) is 120 cm³/mol. The highest BCUT2D eigenvalue weighted by molar-refractivity contribution is 6.32. The summed E-state index contributed by atoms with van der Waals surface area (Å²) in [5, 5.41) is 27.2. The van der Waals surface area contributed by atoms with E-state index in [4.69, 9.17) is 20.9 Å². The maximum absolute atomic E-state index is 12.4. The second-order valence-electron chi connectivity index (χ2n) is 7.52. The molecule has 0 saturated carbocycles. The van der Waals surface area contributed by atoms with E-state index in [1.165, 1.54) is 18.4 Å². The van der Waals surface area contributed by atoms with Gasteiger partial charge in [0, 0.05) is 37.8 Å². The third-order valence-electron chi connectivity index (χ3n) is 5.40. The van der Waals surface area contributed by atoms with Crippen molar-refractivity contribution < 1.29 is 24.3 Å². The van der Waals surface area contributed by atoms with Crippen molar-refractivity contribution in [3.8, 4) is 33.8 Å². The number of nitrogens with one attached hydrogen (secondary N) is 1. The van der Waals surface area contributed by atoms with E-state index in [9.17, 15) is 15.0 Å². The number of phenolic OH excluding ortho intramolecular Hbond substituents is 2. The first-order chi connectivity index (χ1) is 15.5. The van der Waals surface area contributed by atoms with Crippen LogP contribution in [0.5, 0.6) is 11.5 Å². The Bertz CT molecular complexity index is 1120. The molecule has 32 heavy (non-hydrogen) atoms. The van der Waals surface area contributed by atoms with Gasteiger partial charge in [-0.15, -0.1) is 0 Å². The number of halogens is 1. The van der Waals surface area contributed by atoms with Crippen LogP contribution in [0, 0.1) is 0 Å². The van der Waals surface area contributed by atoms with E-state index in [-0.39, 0.29) is 28.1 Å². The standard InChI is InChI=1S/C23H24ClN3O5/c1-2-25-23(30)22-18(13-32-26-22)14-3-4-15(12-27-5-7-31-8-6-27)16(9-14)17-10-19(24)21(29)11-20(17)28/h3-4,9-11,13,28-29H,2,5-8,12H2,1H3,(H,25,30). The number of hydrogen-bond donors (Lipinski definition) is 3. The number of nitrogens with zero attached hydrogens (tertiary/aromatic N) is 2. The number of ether oxygens (including phenoxy) is 1. The van der Waals surface area contributed by atoms with E-state index in [2.05, 4.69) is 15.4 Å². The first-order valence-corrected chi connectivity index (χ1v) is 10.7. The summed E-state index contributed by atoms with van der Waals surface area (Å²) in [5.41, 5.74) is 3.61. The molecule has 3 N–H and O–H groups in total. The van der Waals surface area contributed by atoms with Crippen molar-refractivity contribution in [2.75, 3.05) is 32.8 Å². The Morgan fingerprint density at radius 1 is 1.12 bits per heavy atom. The van der Waals surface area contributed by atoms with Gasteiger partial charge in [-0.3, -0.25) is 9.69 Å². The number of amides is 1. The molecule has 0 bridgehead atoms. The lowest BCUT2D eigenvalue weighted by molar-refractivity contribution is 0.0342. The fourth-order valence-corrected chi connectivity index (χ4v) is 3.91. The van der Waals surface area contributed by atoms with Gasteiger partial charge in [-0.2, -0.15) is 0 Å². The Labute approximate surface area is 190 Å². The van der Waals surface area contributed by atoms with Crippen LogP contribution in [-0.4, -0.2) is 59.0 Å². The second kappa shape index (κ2) is 9.60. The van der Waals surface area contributed by atoms with Crippen LogP contribution < -0.4 is 5.32 Å². The average molecular weight is 458 g/mol. The molecule has 1 aliphatic rings. The van der Waals surface area contributed by atoms with Crippen LogP contribution in [0.4, 0.5) is 0 Å². The number of aromatic hydroxyl groups is 2. The second-order valence-corrected chi connectivity index (χ2v) is 7.92. The van der Waals surface area contributed by atoms with Crippen LogP contribution in [-0.2, 0) is 11.3 Å². The lowest BCUT2D eigenvalue weighted by atomic mass is 9.93. The number of carbonyl (C=O) groups is 1. The Balaban J connectivity index is 1.81. The van der Waals surface area contributed by atoms with Gasteiger partial charge < -0.3 is 24.8 Å². The van der Waals surface area contributed by atoms with E-state index in [0.29, 0.717) is 43.0 Å². The van der Waals surface area contributed by atoms with E-state index in [1.54, 1.807) is 0 Å².